The van der Waals surface area contributed by atoms with Gasteiger partial charge in [-0.1, -0.05) is 49.8 Å². The van der Waals surface area contributed by atoms with Crippen LogP contribution in [0.4, 0.5) is 0 Å². The van der Waals surface area contributed by atoms with E-state index in [-0.39, 0.29) is 6.04 Å². The summed E-state index contributed by atoms with van der Waals surface area (Å²) in [6.07, 6.45) is 18.6. The third-order valence-corrected chi connectivity index (χ3v) is 7.91. The van der Waals surface area contributed by atoms with Crippen molar-refractivity contribution in [3.8, 4) is 0 Å². The van der Waals surface area contributed by atoms with Crippen LogP contribution in [-0.4, -0.2) is 53.6 Å². The Labute approximate surface area is 191 Å². The van der Waals surface area contributed by atoms with Gasteiger partial charge in [-0.2, -0.15) is 0 Å². The summed E-state index contributed by atoms with van der Waals surface area (Å²) in [5, 5.41) is 4.77. The van der Waals surface area contributed by atoms with E-state index >= 15 is 0 Å². The van der Waals surface area contributed by atoms with Crippen molar-refractivity contribution in [1.29, 1.82) is 0 Å². The molecule has 0 aromatic carbocycles. The molecule has 1 heterocycles. The number of nitrogens with one attached hydrogen (secondary N) is 2. The molecule has 0 saturated carbocycles. The molecule has 2 aliphatic carbocycles. The fourth-order valence-electron chi connectivity index (χ4n) is 5.07. The summed E-state index contributed by atoms with van der Waals surface area (Å²) in [5.41, 5.74) is 0. The maximum Gasteiger partial charge on any atom is 0.0889 e. The van der Waals surface area contributed by atoms with Crippen molar-refractivity contribution in [2.24, 2.45) is 23.7 Å². The number of hydrogen-bond acceptors (Lipinski definition) is 3. The largest absolute Gasteiger partial charge is 0.312 e. The van der Waals surface area contributed by atoms with Gasteiger partial charge in [-0.05, 0) is 81.5 Å². The van der Waals surface area contributed by atoms with Crippen molar-refractivity contribution >= 4 is 22.6 Å². The molecule has 0 aromatic heterocycles. The minimum Gasteiger partial charge on any atom is -0.312 e. The van der Waals surface area contributed by atoms with Gasteiger partial charge in [0.1, 0.15) is 0 Å². The zero-order chi connectivity index (χ0) is 21.5. The molecule has 30 heavy (non-hydrogen) atoms. The first kappa shape index (κ1) is 24.2. The highest BCUT2D eigenvalue weighted by Gasteiger charge is 2.28. The van der Waals surface area contributed by atoms with Crippen molar-refractivity contribution in [2.45, 2.75) is 58.0 Å². The third kappa shape index (κ3) is 7.59. The highest BCUT2D eigenvalue weighted by atomic mass is 35.5. The number of likely N-dealkylation sites (tertiary alicyclic amines) is 1. The van der Waals surface area contributed by atoms with E-state index < -0.39 is 11.0 Å². The summed E-state index contributed by atoms with van der Waals surface area (Å²) in [6, 6.07) is 0.766. The van der Waals surface area contributed by atoms with Gasteiger partial charge in [0, 0.05) is 29.9 Å². The van der Waals surface area contributed by atoms with Crippen LogP contribution in [0, 0.1) is 23.7 Å². The minimum atomic E-state index is -0.952. The maximum absolute atomic E-state index is 11.5. The molecule has 0 aromatic rings. The topological polar surface area (TPSA) is 44.4 Å². The number of hydrogen-bond donors (Lipinski definition) is 2. The summed E-state index contributed by atoms with van der Waals surface area (Å²) in [7, 11) is -0.952. The Kier molecular flexibility index (Phi) is 9.64. The zero-order valence-corrected chi connectivity index (χ0v) is 20.4. The lowest BCUT2D eigenvalue weighted by atomic mass is 9.80. The van der Waals surface area contributed by atoms with Crippen LogP contribution in [0.15, 0.2) is 35.4 Å². The molecule has 4 nitrogen and oxygen atoms in total. The monoisotopic (exact) mass is 453 g/mol. The summed E-state index contributed by atoms with van der Waals surface area (Å²) in [6.45, 7) is 9.25. The molecule has 1 saturated heterocycles. The van der Waals surface area contributed by atoms with Gasteiger partial charge in [-0.15, -0.1) is 0 Å². The molecule has 0 radical (unpaired) electrons. The van der Waals surface area contributed by atoms with Gasteiger partial charge in [0.05, 0.1) is 11.0 Å². The lowest BCUT2D eigenvalue weighted by Gasteiger charge is -2.38. The average Bonchev–Trinajstić information content (AvgIpc) is 2.72. The standard InChI is InChI=1S/C24H40ClN3OS/c1-18(2)24(26-16-19-5-4-6-23(15-19)27-30(3)29)17-28-13-11-21(12-14-28)20-7-9-22(25)10-8-20/h4,6-7,9-10,18-21,23-24,26-27H,5,8,11-17H2,1-3H3/t19?,20?,23?,24-,30?/m0/s1. The molecule has 170 valence electrons. The Morgan fingerprint density at radius 1 is 1.23 bits per heavy atom. The second-order valence-electron chi connectivity index (χ2n) is 9.69. The Morgan fingerprint density at radius 2 is 2.00 bits per heavy atom. The molecule has 2 N–H and O–H groups in total. The lowest BCUT2D eigenvalue weighted by molar-refractivity contribution is 0.137. The molecule has 3 aliphatic rings. The Morgan fingerprint density at radius 3 is 2.63 bits per heavy atom. The summed E-state index contributed by atoms with van der Waals surface area (Å²) in [4.78, 5) is 2.66. The average molecular weight is 454 g/mol. The van der Waals surface area contributed by atoms with E-state index in [9.17, 15) is 4.21 Å². The number of nitrogens with zero attached hydrogens (tertiary/aromatic N) is 1. The second kappa shape index (κ2) is 12.0. The van der Waals surface area contributed by atoms with Crippen LogP contribution in [-0.2, 0) is 11.0 Å². The van der Waals surface area contributed by atoms with Crippen LogP contribution in [0.2, 0.25) is 0 Å². The highest BCUT2D eigenvalue weighted by molar-refractivity contribution is 7.82. The Balaban J connectivity index is 1.41. The van der Waals surface area contributed by atoms with Crippen molar-refractivity contribution < 1.29 is 4.21 Å². The van der Waals surface area contributed by atoms with Crippen molar-refractivity contribution in [1.82, 2.24) is 14.9 Å². The minimum absolute atomic E-state index is 0.242. The van der Waals surface area contributed by atoms with E-state index in [4.69, 9.17) is 11.6 Å². The van der Waals surface area contributed by atoms with Crippen LogP contribution in [0.25, 0.3) is 0 Å². The molecular formula is C24H40ClN3OS. The van der Waals surface area contributed by atoms with Crippen LogP contribution in [0.3, 0.4) is 0 Å². The van der Waals surface area contributed by atoms with Gasteiger partial charge in [-0.25, -0.2) is 8.93 Å². The lowest BCUT2D eigenvalue weighted by Crippen LogP contribution is -2.48. The Hall–Kier alpha value is -0.460. The number of halogens is 1. The van der Waals surface area contributed by atoms with Crippen LogP contribution in [0.5, 0.6) is 0 Å². The van der Waals surface area contributed by atoms with Gasteiger partial charge in [0.25, 0.3) is 0 Å². The number of allylic oxidation sites excluding steroid dienone is 5. The molecule has 1 aliphatic heterocycles. The first-order valence-electron chi connectivity index (χ1n) is 11.7. The Bertz CT molecular complexity index is 655. The summed E-state index contributed by atoms with van der Waals surface area (Å²) >= 11 is 6.09. The van der Waals surface area contributed by atoms with Gasteiger partial charge < -0.3 is 10.2 Å². The maximum atomic E-state index is 11.5. The molecule has 6 heteroatoms. The molecule has 0 bridgehead atoms. The third-order valence-electron chi connectivity index (χ3n) is 7.00. The first-order valence-corrected chi connectivity index (χ1v) is 13.6. The SMILES string of the molecule is CC(C)[C@H](CN1CCC(C2C=CC(Cl)=CC2)CC1)NCC1CC=CC(NS(C)=O)C1. The molecule has 1 fully saturated rings. The number of rotatable bonds is 9. The predicted molar refractivity (Wildman–Crippen MR) is 130 cm³/mol. The van der Waals surface area contributed by atoms with Gasteiger partial charge in [0.2, 0.25) is 0 Å². The van der Waals surface area contributed by atoms with Crippen molar-refractivity contribution in [3.05, 3.63) is 35.4 Å². The van der Waals surface area contributed by atoms with E-state index in [0.717, 1.165) is 43.3 Å². The quantitative estimate of drug-likeness (QED) is 0.513. The van der Waals surface area contributed by atoms with E-state index in [1.54, 1.807) is 6.26 Å². The molecule has 5 atom stereocenters. The van der Waals surface area contributed by atoms with E-state index in [0.29, 0.717) is 23.8 Å². The van der Waals surface area contributed by atoms with Crippen molar-refractivity contribution in [3.63, 3.8) is 0 Å². The van der Waals surface area contributed by atoms with Crippen LogP contribution >= 0.6 is 11.6 Å². The highest BCUT2D eigenvalue weighted by Crippen LogP contribution is 2.32. The summed E-state index contributed by atoms with van der Waals surface area (Å²) in [5.74, 6) is 2.70. The van der Waals surface area contributed by atoms with Crippen LogP contribution in [0.1, 0.15) is 46.0 Å². The van der Waals surface area contributed by atoms with E-state index in [2.05, 4.69) is 59.2 Å². The molecule has 4 unspecified atom stereocenters. The normalized spacial score (nSPS) is 30.4. The fraction of sp³-hybridized carbons (Fsp3) is 0.750. The smallest absolute Gasteiger partial charge is 0.0889 e. The fourth-order valence-corrected chi connectivity index (χ4v) is 5.83. The van der Waals surface area contributed by atoms with Gasteiger partial charge in [-0.3, -0.25) is 0 Å². The van der Waals surface area contributed by atoms with Crippen molar-refractivity contribution in [2.75, 3.05) is 32.4 Å². The summed E-state index contributed by atoms with van der Waals surface area (Å²) < 4.78 is 14.6. The first-order chi connectivity index (χ1) is 14.4. The van der Waals surface area contributed by atoms with E-state index in [1.807, 2.05) is 0 Å². The van der Waals surface area contributed by atoms with Crippen LogP contribution < -0.4 is 10.0 Å². The zero-order valence-electron chi connectivity index (χ0n) is 18.9. The van der Waals surface area contributed by atoms with E-state index in [1.165, 1.54) is 25.9 Å². The molecule has 0 amide bonds. The molecule has 3 rings (SSSR count). The molecule has 0 spiro atoms. The van der Waals surface area contributed by atoms with Gasteiger partial charge in [0.15, 0.2) is 0 Å². The predicted octanol–water partition coefficient (Wildman–Crippen LogP) is 4.23. The number of piperidine rings is 1. The second-order valence-corrected chi connectivity index (χ2v) is 11.3. The van der Waals surface area contributed by atoms with Gasteiger partial charge >= 0.3 is 0 Å². The molecular weight excluding hydrogens is 414 g/mol.